The number of piperidine rings is 1. The van der Waals surface area contributed by atoms with E-state index in [2.05, 4.69) is 63.1 Å². The van der Waals surface area contributed by atoms with Gasteiger partial charge in [0.1, 0.15) is 0 Å². The fourth-order valence-electron chi connectivity index (χ4n) is 4.46. The summed E-state index contributed by atoms with van der Waals surface area (Å²) >= 11 is 2.02. The number of hydrogen-bond donors (Lipinski definition) is 3. The Labute approximate surface area is 215 Å². The van der Waals surface area contributed by atoms with E-state index in [-0.39, 0.29) is 34.6 Å². The zero-order chi connectivity index (χ0) is 21.9. The molecule has 1 amide bonds. The molecule has 0 atom stereocenters. The smallest absolute Gasteiger partial charge is 0.234 e. The topological polar surface area (TPSA) is 68.8 Å². The molecule has 6 nitrogen and oxygen atoms in total. The minimum absolute atomic E-state index is 0. The van der Waals surface area contributed by atoms with Crippen LogP contribution in [-0.4, -0.2) is 67.3 Å². The van der Waals surface area contributed by atoms with Crippen LogP contribution in [0.25, 0.3) is 0 Å². The Morgan fingerprint density at radius 1 is 1.16 bits per heavy atom. The second kappa shape index (κ2) is 14.3. The van der Waals surface area contributed by atoms with E-state index in [1.807, 2.05) is 18.8 Å². The molecule has 0 unspecified atom stereocenters. The van der Waals surface area contributed by atoms with E-state index in [1.165, 1.54) is 30.6 Å². The lowest BCUT2D eigenvalue weighted by molar-refractivity contribution is -0.122. The number of amides is 1. The molecule has 8 heteroatoms. The standard InChI is InChI=1S/C24H39N5OS.HI/c1-3-15-26-22(30)18-29-16-11-20(12-17-29)28-23(25-2)27-19-24(13-7-8-14-24)31-21-9-5-4-6-10-21;/h4-6,9-10,20H,3,7-8,11-19H2,1-2H3,(H,26,30)(H2,25,27,28);1H. The van der Waals surface area contributed by atoms with E-state index in [0.717, 1.165) is 51.4 Å². The Balaban J connectivity index is 0.00000363. The molecular formula is C24H40IN5OS. The van der Waals surface area contributed by atoms with Gasteiger partial charge in [-0.15, -0.1) is 35.7 Å². The van der Waals surface area contributed by atoms with E-state index in [9.17, 15) is 4.79 Å². The lowest BCUT2D eigenvalue weighted by atomic mass is 10.1. The van der Waals surface area contributed by atoms with Gasteiger partial charge in [0.2, 0.25) is 5.91 Å². The molecule has 1 saturated carbocycles. The summed E-state index contributed by atoms with van der Waals surface area (Å²) in [6.07, 6.45) is 8.14. The van der Waals surface area contributed by atoms with Crippen LogP contribution in [0.4, 0.5) is 0 Å². The summed E-state index contributed by atoms with van der Waals surface area (Å²) in [4.78, 5) is 20.0. The van der Waals surface area contributed by atoms with Crippen LogP contribution in [0.5, 0.6) is 0 Å². The molecule has 0 aromatic heterocycles. The molecule has 3 N–H and O–H groups in total. The van der Waals surface area contributed by atoms with Gasteiger partial charge in [-0.3, -0.25) is 14.7 Å². The van der Waals surface area contributed by atoms with Gasteiger partial charge in [-0.25, -0.2) is 0 Å². The molecule has 3 rings (SSSR count). The van der Waals surface area contributed by atoms with Crippen LogP contribution in [0.3, 0.4) is 0 Å². The van der Waals surface area contributed by atoms with Crippen molar-refractivity contribution in [1.29, 1.82) is 0 Å². The van der Waals surface area contributed by atoms with Gasteiger partial charge in [-0.1, -0.05) is 38.0 Å². The van der Waals surface area contributed by atoms with E-state index in [1.54, 1.807) is 0 Å². The van der Waals surface area contributed by atoms with Crippen LogP contribution in [0.2, 0.25) is 0 Å². The molecule has 2 fully saturated rings. The van der Waals surface area contributed by atoms with Gasteiger partial charge in [0.15, 0.2) is 5.96 Å². The first-order valence-corrected chi connectivity index (χ1v) is 12.6. The summed E-state index contributed by atoms with van der Waals surface area (Å²) in [5, 5.41) is 10.2. The van der Waals surface area contributed by atoms with E-state index in [4.69, 9.17) is 0 Å². The minimum atomic E-state index is 0. The van der Waals surface area contributed by atoms with Gasteiger partial charge in [0.05, 0.1) is 6.54 Å². The maximum atomic E-state index is 11.9. The highest BCUT2D eigenvalue weighted by molar-refractivity contribution is 14.0. The van der Waals surface area contributed by atoms with Crippen LogP contribution < -0.4 is 16.0 Å². The number of nitrogens with zero attached hydrogens (tertiary/aromatic N) is 2. The molecule has 1 aliphatic heterocycles. The third-order valence-corrected chi connectivity index (χ3v) is 7.76. The zero-order valence-corrected chi connectivity index (χ0v) is 22.7. The highest BCUT2D eigenvalue weighted by Gasteiger charge is 2.35. The normalized spacial score (nSPS) is 19.2. The van der Waals surface area contributed by atoms with Crippen molar-refractivity contribution in [3.63, 3.8) is 0 Å². The number of aliphatic imine (C=N–C) groups is 1. The van der Waals surface area contributed by atoms with Gasteiger partial charge >= 0.3 is 0 Å². The van der Waals surface area contributed by atoms with Crippen molar-refractivity contribution in [2.45, 2.75) is 67.6 Å². The van der Waals surface area contributed by atoms with Gasteiger partial charge in [-0.05, 0) is 44.2 Å². The molecule has 1 aromatic carbocycles. The predicted molar refractivity (Wildman–Crippen MR) is 146 cm³/mol. The number of benzene rings is 1. The summed E-state index contributed by atoms with van der Waals surface area (Å²) < 4.78 is 0.244. The monoisotopic (exact) mass is 573 g/mol. The number of guanidine groups is 1. The summed E-state index contributed by atoms with van der Waals surface area (Å²) in [7, 11) is 1.86. The van der Waals surface area contributed by atoms with Crippen LogP contribution >= 0.6 is 35.7 Å². The number of thioether (sulfide) groups is 1. The first kappa shape index (κ1) is 27.2. The van der Waals surface area contributed by atoms with E-state index in [0.29, 0.717) is 12.6 Å². The van der Waals surface area contributed by atoms with Crippen molar-refractivity contribution in [3.8, 4) is 0 Å². The second-order valence-electron chi connectivity index (χ2n) is 8.78. The third-order valence-electron chi connectivity index (χ3n) is 6.26. The maximum absolute atomic E-state index is 11.9. The third kappa shape index (κ3) is 8.74. The number of likely N-dealkylation sites (tertiary alicyclic amines) is 1. The number of nitrogens with one attached hydrogen (secondary N) is 3. The summed E-state index contributed by atoms with van der Waals surface area (Å²) in [5.74, 6) is 1.04. The predicted octanol–water partition coefficient (Wildman–Crippen LogP) is 3.87. The Hall–Kier alpha value is -1.000. The second-order valence-corrected chi connectivity index (χ2v) is 10.3. The molecule has 1 aromatic rings. The first-order valence-electron chi connectivity index (χ1n) is 11.8. The van der Waals surface area contributed by atoms with Crippen molar-refractivity contribution in [1.82, 2.24) is 20.9 Å². The average Bonchev–Trinajstić information content (AvgIpc) is 3.25. The summed E-state index contributed by atoms with van der Waals surface area (Å²) in [6, 6.07) is 11.2. The number of carbonyl (C=O) groups excluding carboxylic acids is 1. The number of carbonyl (C=O) groups is 1. The number of rotatable bonds is 9. The van der Waals surface area contributed by atoms with Crippen molar-refractivity contribution in [2.24, 2.45) is 4.99 Å². The zero-order valence-electron chi connectivity index (χ0n) is 19.6. The molecule has 0 bridgehead atoms. The van der Waals surface area contributed by atoms with Crippen LogP contribution in [0.1, 0.15) is 51.9 Å². The van der Waals surface area contributed by atoms with Crippen molar-refractivity contribution < 1.29 is 4.79 Å². The molecule has 32 heavy (non-hydrogen) atoms. The highest BCUT2D eigenvalue weighted by atomic mass is 127. The molecule has 1 heterocycles. The Kier molecular flexibility index (Phi) is 12.2. The van der Waals surface area contributed by atoms with Crippen LogP contribution in [-0.2, 0) is 4.79 Å². The van der Waals surface area contributed by atoms with Gasteiger partial charge in [-0.2, -0.15) is 0 Å². The lowest BCUT2D eigenvalue weighted by Crippen LogP contribution is -2.51. The average molecular weight is 574 g/mol. The minimum Gasteiger partial charge on any atom is -0.355 e. The maximum Gasteiger partial charge on any atom is 0.234 e. The van der Waals surface area contributed by atoms with Gasteiger partial charge in [0.25, 0.3) is 0 Å². The quantitative estimate of drug-likeness (QED) is 0.238. The summed E-state index contributed by atoms with van der Waals surface area (Å²) in [6.45, 7) is 6.18. The largest absolute Gasteiger partial charge is 0.355 e. The number of halogens is 1. The SMILES string of the molecule is CCCNC(=O)CN1CCC(NC(=NC)NCC2(Sc3ccccc3)CCCC2)CC1.I. The molecular weight excluding hydrogens is 533 g/mol. The lowest BCUT2D eigenvalue weighted by Gasteiger charge is -2.34. The fraction of sp³-hybridized carbons (Fsp3) is 0.667. The van der Waals surface area contributed by atoms with E-state index >= 15 is 0 Å². The van der Waals surface area contributed by atoms with Crippen molar-refractivity contribution in [2.75, 3.05) is 39.8 Å². The molecule has 0 spiro atoms. The van der Waals surface area contributed by atoms with Gasteiger partial charge in [0, 0.05) is 48.9 Å². The van der Waals surface area contributed by atoms with Crippen molar-refractivity contribution >= 4 is 47.6 Å². The summed E-state index contributed by atoms with van der Waals surface area (Å²) in [5.41, 5.74) is 0. The molecule has 1 aliphatic carbocycles. The van der Waals surface area contributed by atoms with E-state index < -0.39 is 0 Å². The van der Waals surface area contributed by atoms with Crippen LogP contribution in [0, 0.1) is 0 Å². The Morgan fingerprint density at radius 2 is 1.84 bits per heavy atom. The molecule has 1 saturated heterocycles. The molecule has 180 valence electrons. The Morgan fingerprint density at radius 3 is 2.47 bits per heavy atom. The van der Waals surface area contributed by atoms with Crippen molar-refractivity contribution in [3.05, 3.63) is 30.3 Å². The molecule has 2 aliphatic rings. The fourth-order valence-corrected chi connectivity index (χ4v) is 5.89. The first-order chi connectivity index (χ1) is 15.1. The Bertz CT molecular complexity index is 704. The number of hydrogen-bond acceptors (Lipinski definition) is 4. The molecule has 0 radical (unpaired) electrons. The van der Waals surface area contributed by atoms with Crippen LogP contribution in [0.15, 0.2) is 40.2 Å². The van der Waals surface area contributed by atoms with Gasteiger partial charge < -0.3 is 16.0 Å². The highest BCUT2D eigenvalue weighted by Crippen LogP contribution is 2.44.